The minimum absolute atomic E-state index is 0.540. The molecule has 0 aliphatic carbocycles. The maximum absolute atomic E-state index is 5.90. The number of aromatic nitrogens is 8. The largest absolute Gasteiger partial charge is 0.309 e. The second-order valence-corrected chi connectivity index (χ2v) is 18.8. The molecule has 0 radical (unpaired) electrons. The van der Waals surface area contributed by atoms with Crippen LogP contribution >= 0.6 is 0 Å². The highest BCUT2D eigenvalue weighted by atomic mass is 15.3. The van der Waals surface area contributed by atoms with Crippen molar-refractivity contribution in [1.82, 2.24) is 37.8 Å². The van der Waals surface area contributed by atoms with Gasteiger partial charge in [0.25, 0.3) is 0 Å². The average Bonchev–Trinajstić information content (AvgIpc) is 4.30. The summed E-state index contributed by atoms with van der Waals surface area (Å²) in [7, 11) is 0. The summed E-state index contributed by atoms with van der Waals surface area (Å²) in [6.07, 6.45) is 0. The molecule has 6 heterocycles. The number of hydrogen-bond donors (Lipinski definition) is 0. The van der Waals surface area contributed by atoms with Gasteiger partial charge in [-0.25, -0.2) is 9.97 Å². The number of para-hydroxylation sites is 7. The number of nitrogens with zero attached hydrogens (tertiary/aromatic N) is 8. The molecule has 0 saturated carbocycles. The third-order valence-corrected chi connectivity index (χ3v) is 14.9. The molecular weight excluding hydrogens is 893 g/mol. The lowest BCUT2D eigenvalue weighted by Crippen LogP contribution is -2.08. The van der Waals surface area contributed by atoms with Crippen LogP contribution in [0.1, 0.15) is 0 Å². The Morgan fingerprint density at radius 2 is 0.671 bits per heavy atom. The molecule has 6 aromatic heterocycles. The quantitative estimate of drug-likeness (QED) is 0.167. The molecule has 0 bridgehead atoms. The van der Waals surface area contributed by atoms with Crippen LogP contribution in [0, 0.1) is 0 Å². The summed E-state index contributed by atoms with van der Waals surface area (Å²) in [6, 6.07) is 86.3. The molecule has 0 saturated heterocycles. The van der Waals surface area contributed by atoms with Crippen molar-refractivity contribution in [2.45, 2.75) is 0 Å². The predicted molar refractivity (Wildman–Crippen MR) is 299 cm³/mol. The second kappa shape index (κ2) is 15.2. The van der Waals surface area contributed by atoms with Gasteiger partial charge in [0.1, 0.15) is 5.69 Å². The number of imidazole rings is 1. The molecule has 340 valence electrons. The Morgan fingerprint density at radius 1 is 0.260 bits per heavy atom. The first kappa shape index (κ1) is 39.8. The van der Waals surface area contributed by atoms with Crippen LogP contribution in [0.4, 0.5) is 0 Å². The molecule has 0 atom stereocenters. The third kappa shape index (κ3) is 5.57. The lowest BCUT2D eigenvalue weighted by Gasteiger charge is -2.15. The molecule has 16 rings (SSSR count). The Balaban J connectivity index is 1.06. The Morgan fingerprint density at radius 3 is 1.23 bits per heavy atom. The second-order valence-electron chi connectivity index (χ2n) is 18.8. The average molecular weight is 933 g/mol. The number of rotatable bonds is 6. The van der Waals surface area contributed by atoms with E-state index in [0.717, 1.165) is 105 Å². The maximum Gasteiger partial charge on any atom is 0.223 e. The van der Waals surface area contributed by atoms with Gasteiger partial charge in [-0.15, -0.1) is 0 Å². The van der Waals surface area contributed by atoms with Gasteiger partial charge in [-0.05, 0) is 72.8 Å². The van der Waals surface area contributed by atoms with E-state index in [1.807, 2.05) is 0 Å². The molecule has 0 fully saturated rings. The highest BCUT2D eigenvalue weighted by Gasteiger charge is 2.29. The number of fused-ring (bicyclic) bond motifs is 15. The Bertz CT molecular complexity index is 4890. The van der Waals surface area contributed by atoms with Crippen LogP contribution in [-0.2, 0) is 0 Å². The number of hydrogen-bond acceptors (Lipinski definition) is 3. The van der Waals surface area contributed by atoms with Gasteiger partial charge in [-0.2, -0.15) is 4.98 Å². The Hall–Kier alpha value is -10.1. The van der Waals surface area contributed by atoms with Crippen molar-refractivity contribution in [1.29, 1.82) is 0 Å². The van der Waals surface area contributed by atoms with Gasteiger partial charge in [0.2, 0.25) is 11.6 Å². The molecule has 16 aromatic rings. The molecule has 0 unspecified atom stereocenters. The summed E-state index contributed by atoms with van der Waals surface area (Å²) in [5.41, 5.74) is 14.7. The van der Waals surface area contributed by atoms with Gasteiger partial charge in [0.05, 0.1) is 49.8 Å². The van der Waals surface area contributed by atoms with E-state index < -0.39 is 0 Å². The molecule has 10 aromatic carbocycles. The Labute approximate surface area is 417 Å². The highest BCUT2D eigenvalue weighted by molar-refractivity contribution is 6.27. The van der Waals surface area contributed by atoms with Crippen molar-refractivity contribution in [2.75, 3.05) is 0 Å². The zero-order chi connectivity index (χ0) is 47.7. The molecular formula is C65H40N8. The van der Waals surface area contributed by atoms with Gasteiger partial charge in [-0.3, -0.25) is 13.7 Å². The van der Waals surface area contributed by atoms with Gasteiger partial charge in [-0.1, -0.05) is 170 Å². The topological polar surface area (TPSA) is 63.3 Å². The van der Waals surface area contributed by atoms with E-state index in [4.69, 9.17) is 15.0 Å². The Kier molecular flexibility index (Phi) is 8.29. The third-order valence-electron chi connectivity index (χ3n) is 14.9. The number of benzene rings is 10. The highest BCUT2D eigenvalue weighted by Crippen LogP contribution is 2.45. The molecule has 0 N–H and O–H groups in total. The van der Waals surface area contributed by atoms with Crippen LogP contribution in [0.3, 0.4) is 0 Å². The van der Waals surface area contributed by atoms with Crippen molar-refractivity contribution in [3.05, 3.63) is 243 Å². The van der Waals surface area contributed by atoms with Crippen molar-refractivity contribution in [3.63, 3.8) is 0 Å². The standard InChI is InChI=1S/C65H40N8/c1-5-21-41(22-6-1)59-63(72-54-36-20-16-32-50(54)58-56(72)40-38-47-45-29-13-17-33-51(45)70(60(47)58)43-25-9-3-10-26-43)68-64-62(66-59)67-65(71(64)44-27-11-4-12-28-44)73-52-34-18-14-30-46(52)48-37-39-55-57(61(48)73)49-31-15-19-35-53(49)69(55)42-23-7-2-8-24-42/h1-40H. The summed E-state index contributed by atoms with van der Waals surface area (Å²) < 4.78 is 11.7. The van der Waals surface area contributed by atoms with Crippen LogP contribution in [-0.4, -0.2) is 37.8 Å². The first-order valence-corrected chi connectivity index (χ1v) is 24.7. The van der Waals surface area contributed by atoms with Gasteiger partial charge < -0.3 is 9.13 Å². The minimum Gasteiger partial charge on any atom is -0.309 e. The fourth-order valence-corrected chi connectivity index (χ4v) is 11.9. The van der Waals surface area contributed by atoms with Crippen LogP contribution < -0.4 is 0 Å². The van der Waals surface area contributed by atoms with Crippen molar-refractivity contribution in [3.8, 4) is 40.1 Å². The van der Waals surface area contributed by atoms with Crippen LogP contribution in [0.15, 0.2) is 243 Å². The first-order valence-electron chi connectivity index (χ1n) is 24.7. The lowest BCUT2D eigenvalue weighted by atomic mass is 10.1. The maximum atomic E-state index is 5.90. The molecule has 8 heteroatoms. The van der Waals surface area contributed by atoms with E-state index in [9.17, 15) is 0 Å². The van der Waals surface area contributed by atoms with Crippen molar-refractivity contribution in [2.24, 2.45) is 0 Å². The normalized spacial score (nSPS) is 12.1. The van der Waals surface area contributed by atoms with Crippen molar-refractivity contribution >= 4 is 98.5 Å². The fourth-order valence-electron chi connectivity index (χ4n) is 11.9. The van der Waals surface area contributed by atoms with E-state index >= 15 is 0 Å². The van der Waals surface area contributed by atoms with E-state index in [-0.39, 0.29) is 0 Å². The van der Waals surface area contributed by atoms with E-state index in [0.29, 0.717) is 23.1 Å². The first-order chi connectivity index (χ1) is 36.3. The predicted octanol–water partition coefficient (Wildman–Crippen LogP) is 15.9. The fraction of sp³-hybridized carbons (Fsp3) is 0. The summed E-state index contributed by atoms with van der Waals surface area (Å²) >= 11 is 0. The summed E-state index contributed by atoms with van der Waals surface area (Å²) in [5, 5.41) is 9.27. The van der Waals surface area contributed by atoms with Crippen LogP contribution in [0.25, 0.3) is 139 Å². The van der Waals surface area contributed by atoms with Gasteiger partial charge >= 0.3 is 0 Å². The monoisotopic (exact) mass is 932 g/mol. The SMILES string of the molecule is c1ccc(-c2nc3nc(-n4c5ccccc5c5ccc6c(c7ccccc7n6-c6ccccc6)c54)n(-c4ccccc4)c3nc2-n2c3ccccc3c3c2ccc2c4ccccc4n(-c4ccccc4)c23)cc1. The van der Waals surface area contributed by atoms with Gasteiger partial charge in [0, 0.05) is 60.0 Å². The molecule has 0 spiro atoms. The van der Waals surface area contributed by atoms with E-state index in [1.54, 1.807) is 0 Å². The van der Waals surface area contributed by atoms with E-state index in [1.165, 1.54) is 10.8 Å². The molecule has 8 nitrogen and oxygen atoms in total. The molecule has 0 aliphatic rings. The summed E-state index contributed by atoms with van der Waals surface area (Å²) in [5.74, 6) is 1.41. The van der Waals surface area contributed by atoms with Gasteiger partial charge in [0.15, 0.2) is 11.5 Å². The zero-order valence-corrected chi connectivity index (χ0v) is 39.2. The van der Waals surface area contributed by atoms with Crippen LogP contribution in [0.5, 0.6) is 0 Å². The van der Waals surface area contributed by atoms with Crippen molar-refractivity contribution < 1.29 is 0 Å². The molecule has 73 heavy (non-hydrogen) atoms. The minimum atomic E-state index is 0.540. The lowest BCUT2D eigenvalue weighted by molar-refractivity contribution is 0.945. The molecule has 0 aliphatic heterocycles. The van der Waals surface area contributed by atoms with Crippen LogP contribution in [0.2, 0.25) is 0 Å². The smallest absolute Gasteiger partial charge is 0.223 e. The summed E-state index contributed by atoms with van der Waals surface area (Å²) in [4.78, 5) is 17.2. The van der Waals surface area contributed by atoms with E-state index in [2.05, 4.69) is 265 Å². The molecule has 0 amide bonds. The zero-order valence-electron chi connectivity index (χ0n) is 39.2. The summed E-state index contributed by atoms with van der Waals surface area (Å²) in [6.45, 7) is 0.